The van der Waals surface area contributed by atoms with Crippen molar-refractivity contribution >= 4 is 28.3 Å². The number of aromatic carboxylic acids is 1. The molecular formula is C32H25N5O3. The summed E-state index contributed by atoms with van der Waals surface area (Å²) in [4.78, 5) is 29.6. The number of para-hydroxylation sites is 1. The number of nitrogens with zero attached hydrogens (tertiary/aromatic N) is 4. The van der Waals surface area contributed by atoms with E-state index in [1.54, 1.807) is 16.6 Å². The summed E-state index contributed by atoms with van der Waals surface area (Å²) < 4.78 is 1.66. The van der Waals surface area contributed by atoms with Gasteiger partial charge in [-0.05, 0) is 53.9 Å². The second kappa shape index (κ2) is 10.4. The number of rotatable bonds is 7. The quantitative estimate of drug-likeness (QED) is 0.275. The molecule has 6 aromatic rings. The third-order valence-corrected chi connectivity index (χ3v) is 6.96. The van der Waals surface area contributed by atoms with Crippen LogP contribution < -0.4 is 5.32 Å². The molecule has 3 aromatic carbocycles. The number of hydrogen-bond donors (Lipinski definition) is 2. The van der Waals surface area contributed by atoms with Gasteiger partial charge in [-0.15, -0.1) is 5.10 Å². The fraction of sp³-hybridized carbons (Fsp3) is 0.0938. The van der Waals surface area contributed by atoms with Crippen LogP contribution in [0.3, 0.4) is 0 Å². The SMILES string of the molecule is C[C@H](NC(=O)c1cc(-c2ccccc2)cn2nnc(Cc3cnc4ccccc4c3)c12)c1ccc(C(=O)O)cc1. The lowest BCUT2D eigenvalue weighted by atomic mass is 10.0. The first kappa shape index (κ1) is 24.9. The van der Waals surface area contributed by atoms with Gasteiger partial charge in [0.15, 0.2) is 0 Å². The molecule has 40 heavy (non-hydrogen) atoms. The van der Waals surface area contributed by atoms with E-state index >= 15 is 0 Å². The molecular weight excluding hydrogens is 502 g/mol. The number of fused-ring (bicyclic) bond motifs is 2. The molecule has 196 valence electrons. The van der Waals surface area contributed by atoms with Gasteiger partial charge < -0.3 is 10.4 Å². The van der Waals surface area contributed by atoms with Gasteiger partial charge in [0.05, 0.1) is 28.4 Å². The van der Waals surface area contributed by atoms with Crippen LogP contribution in [0.1, 0.15) is 50.5 Å². The lowest BCUT2D eigenvalue weighted by Crippen LogP contribution is -2.27. The molecule has 0 radical (unpaired) electrons. The summed E-state index contributed by atoms with van der Waals surface area (Å²) >= 11 is 0. The topological polar surface area (TPSA) is 109 Å². The van der Waals surface area contributed by atoms with Crippen molar-refractivity contribution in [2.75, 3.05) is 0 Å². The molecule has 3 aromatic heterocycles. The predicted molar refractivity (Wildman–Crippen MR) is 152 cm³/mol. The van der Waals surface area contributed by atoms with Gasteiger partial charge in [0.1, 0.15) is 5.52 Å². The number of carboxylic acid groups (broad SMARTS) is 1. The highest BCUT2D eigenvalue weighted by molar-refractivity contribution is 6.02. The maximum atomic E-state index is 13.8. The largest absolute Gasteiger partial charge is 0.478 e. The van der Waals surface area contributed by atoms with Gasteiger partial charge in [0.2, 0.25) is 0 Å². The lowest BCUT2D eigenvalue weighted by molar-refractivity contribution is 0.0696. The Balaban J connectivity index is 1.39. The average molecular weight is 528 g/mol. The lowest BCUT2D eigenvalue weighted by Gasteiger charge is -2.16. The van der Waals surface area contributed by atoms with Crippen LogP contribution in [0, 0.1) is 0 Å². The van der Waals surface area contributed by atoms with Crippen LogP contribution in [-0.2, 0) is 6.42 Å². The third-order valence-electron chi connectivity index (χ3n) is 6.96. The number of nitrogens with one attached hydrogen (secondary N) is 1. The minimum absolute atomic E-state index is 0.192. The maximum Gasteiger partial charge on any atom is 0.335 e. The molecule has 0 saturated heterocycles. The number of carboxylic acids is 1. The van der Waals surface area contributed by atoms with Gasteiger partial charge >= 0.3 is 5.97 Å². The zero-order valence-electron chi connectivity index (χ0n) is 21.7. The second-order valence-corrected chi connectivity index (χ2v) is 9.67. The van der Waals surface area contributed by atoms with Crippen LogP contribution in [0.5, 0.6) is 0 Å². The molecule has 0 fully saturated rings. The van der Waals surface area contributed by atoms with Gasteiger partial charge in [0, 0.05) is 29.8 Å². The fourth-order valence-corrected chi connectivity index (χ4v) is 4.85. The molecule has 8 nitrogen and oxygen atoms in total. The van der Waals surface area contributed by atoms with E-state index in [0.29, 0.717) is 23.2 Å². The minimum atomic E-state index is -0.995. The molecule has 3 heterocycles. The average Bonchev–Trinajstić information content (AvgIpc) is 3.39. The van der Waals surface area contributed by atoms with Crippen molar-refractivity contribution in [2.24, 2.45) is 0 Å². The number of amides is 1. The van der Waals surface area contributed by atoms with Crippen molar-refractivity contribution < 1.29 is 14.7 Å². The number of benzene rings is 3. The molecule has 0 unspecified atom stereocenters. The monoisotopic (exact) mass is 527 g/mol. The molecule has 0 spiro atoms. The Morgan fingerprint density at radius 3 is 2.45 bits per heavy atom. The molecule has 0 bridgehead atoms. The Labute approximate surface area is 229 Å². The molecule has 2 N–H and O–H groups in total. The van der Waals surface area contributed by atoms with Crippen LogP contribution in [0.4, 0.5) is 0 Å². The maximum absolute atomic E-state index is 13.8. The van der Waals surface area contributed by atoms with E-state index in [-0.39, 0.29) is 17.5 Å². The minimum Gasteiger partial charge on any atom is -0.478 e. The highest BCUT2D eigenvalue weighted by Crippen LogP contribution is 2.27. The second-order valence-electron chi connectivity index (χ2n) is 9.67. The Kier molecular flexibility index (Phi) is 6.49. The summed E-state index contributed by atoms with van der Waals surface area (Å²) in [7, 11) is 0. The third kappa shape index (κ3) is 4.90. The number of pyridine rings is 2. The van der Waals surface area contributed by atoms with Gasteiger partial charge in [-0.2, -0.15) is 0 Å². The fourth-order valence-electron chi connectivity index (χ4n) is 4.85. The first-order valence-corrected chi connectivity index (χ1v) is 12.9. The predicted octanol–water partition coefficient (Wildman–Crippen LogP) is 5.72. The zero-order chi connectivity index (χ0) is 27.6. The van der Waals surface area contributed by atoms with E-state index in [2.05, 4.69) is 26.7 Å². The van der Waals surface area contributed by atoms with Gasteiger partial charge in [0.25, 0.3) is 5.91 Å². The van der Waals surface area contributed by atoms with Crippen molar-refractivity contribution in [3.63, 3.8) is 0 Å². The van der Waals surface area contributed by atoms with Crippen LogP contribution in [0.15, 0.2) is 103 Å². The first-order chi connectivity index (χ1) is 19.5. The summed E-state index contributed by atoms with van der Waals surface area (Å²) in [5.41, 5.74) is 6.39. The summed E-state index contributed by atoms with van der Waals surface area (Å²) in [5.74, 6) is -1.27. The van der Waals surface area contributed by atoms with E-state index < -0.39 is 5.97 Å². The summed E-state index contributed by atoms with van der Waals surface area (Å²) in [6.45, 7) is 1.86. The molecule has 0 aliphatic rings. The molecule has 6 rings (SSSR count). The number of carbonyl (C=O) groups is 2. The Morgan fingerprint density at radius 2 is 1.68 bits per heavy atom. The summed E-state index contributed by atoms with van der Waals surface area (Å²) in [6, 6.07) is 27.8. The Bertz CT molecular complexity index is 1860. The molecule has 1 amide bonds. The van der Waals surface area contributed by atoms with E-state index in [9.17, 15) is 14.7 Å². The normalized spacial score (nSPS) is 11.9. The van der Waals surface area contributed by atoms with E-state index in [4.69, 9.17) is 0 Å². The highest BCUT2D eigenvalue weighted by atomic mass is 16.4. The Hall–Kier alpha value is -5.37. The van der Waals surface area contributed by atoms with Crippen molar-refractivity contribution in [1.82, 2.24) is 25.1 Å². The van der Waals surface area contributed by atoms with Crippen LogP contribution >= 0.6 is 0 Å². The Morgan fingerprint density at radius 1 is 0.925 bits per heavy atom. The first-order valence-electron chi connectivity index (χ1n) is 12.9. The van der Waals surface area contributed by atoms with Gasteiger partial charge in [-0.25, -0.2) is 9.31 Å². The number of carbonyl (C=O) groups excluding carboxylic acids is 1. The van der Waals surface area contributed by atoms with Crippen LogP contribution in [0.2, 0.25) is 0 Å². The van der Waals surface area contributed by atoms with Gasteiger partial charge in [-0.3, -0.25) is 9.78 Å². The van der Waals surface area contributed by atoms with E-state index in [1.165, 1.54) is 12.1 Å². The summed E-state index contributed by atoms with van der Waals surface area (Å²) in [5, 5.41) is 22.1. The zero-order valence-corrected chi connectivity index (χ0v) is 21.7. The molecule has 0 aliphatic carbocycles. The van der Waals surface area contributed by atoms with Crippen molar-refractivity contribution in [1.29, 1.82) is 0 Å². The number of aromatic nitrogens is 4. The van der Waals surface area contributed by atoms with Crippen molar-refractivity contribution in [3.8, 4) is 11.1 Å². The molecule has 8 heteroatoms. The molecule has 1 atom stereocenters. The van der Waals surface area contributed by atoms with Crippen LogP contribution in [0.25, 0.3) is 27.5 Å². The summed E-state index contributed by atoms with van der Waals surface area (Å²) in [6.07, 6.45) is 4.16. The van der Waals surface area contributed by atoms with E-state index in [1.807, 2.05) is 80.0 Å². The molecule has 0 aliphatic heterocycles. The molecule has 0 saturated carbocycles. The van der Waals surface area contributed by atoms with Gasteiger partial charge in [-0.1, -0.05) is 65.9 Å². The van der Waals surface area contributed by atoms with E-state index in [0.717, 1.165) is 33.2 Å². The highest BCUT2D eigenvalue weighted by Gasteiger charge is 2.21. The van der Waals surface area contributed by atoms with Crippen LogP contribution in [-0.4, -0.2) is 36.8 Å². The van der Waals surface area contributed by atoms with Crippen molar-refractivity contribution in [2.45, 2.75) is 19.4 Å². The number of hydrogen-bond acceptors (Lipinski definition) is 5. The standard InChI is InChI=1S/C32H25N5O3/c1-20(22-11-13-24(14-12-22)32(39)40)34-31(38)27-17-26(23-7-3-2-4-8-23)19-37-30(27)29(35-36-37)16-21-15-25-9-5-6-10-28(25)33-18-21/h2-15,17-20H,16H2,1H3,(H,34,38)(H,39,40)/t20-/m0/s1. The smallest absolute Gasteiger partial charge is 0.335 e. The van der Waals surface area contributed by atoms with Crippen molar-refractivity contribution in [3.05, 3.63) is 131 Å².